The van der Waals surface area contributed by atoms with Crippen LogP contribution >= 0.6 is 11.6 Å². The number of fused-ring (bicyclic) bond motifs is 1. The van der Waals surface area contributed by atoms with Crippen molar-refractivity contribution in [3.8, 4) is 0 Å². The molecule has 0 bridgehead atoms. The summed E-state index contributed by atoms with van der Waals surface area (Å²) in [7, 11) is -2.04. The molecular weight excluding hydrogens is 433 g/mol. The lowest BCUT2D eigenvalue weighted by Gasteiger charge is -2.31. The average Bonchev–Trinajstić information content (AvgIpc) is 3.12. The van der Waals surface area contributed by atoms with Gasteiger partial charge in [-0.05, 0) is 31.3 Å². The molecule has 30 heavy (non-hydrogen) atoms. The van der Waals surface area contributed by atoms with Gasteiger partial charge in [0.25, 0.3) is 0 Å². The first-order valence-corrected chi connectivity index (χ1v) is 11.0. The highest BCUT2D eigenvalue weighted by atomic mass is 35.5. The van der Waals surface area contributed by atoms with Gasteiger partial charge in [0.05, 0.1) is 22.0 Å². The van der Waals surface area contributed by atoms with E-state index in [1.165, 1.54) is 34.8 Å². The summed E-state index contributed by atoms with van der Waals surface area (Å²) in [4.78, 5) is 21.8. The molecule has 1 saturated heterocycles. The fourth-order valence-corrected chi connectivity index (χ4v) is 4.65. The second-order valence-corrected chi connectivity index (χ2v) is 9.19. The molecule has 0 amide bonds. The van der Waals surface area contributed by atoms with Gasteiger partial charge in [-0.1, -0.05) is 17.7 Å². The Balaban J connectivity index is 1.61. The Morgan fingerprint density at radius 3 is 2.70 bits per heavy atom. The molecule has 1 fully saturated rings. The number of ketones is 1. The number of likely N-dealkylation sites (N-methyl/N-ethyl adjacent to an activating group) is 1. The highest BCUT2D eigenvalue weighted by Crippen LogP contribution is 2.24. The van der Waals surface area contributed by atoms with Gasteiger partial charge in [0.2, 0.25) is 5.78 Å². The normalized spacial score (nSPS) is 16.1. The maximum Gasteiger partial charge on any atom is 0.301 e. The number of pyridine rings is 1. The molecule has 0 radical (unpaired) electrons. The van der Waals surface area contributed by atoms with Crippen molar-refractivity contribution in [1.82, 2.24) is 19.2 Å². The van der Waals surface area contributed by atoms with Gasteiger partial charge in [-0.15, -0.1) is 0 Å². The van der Waals surface area contributed by atoms with Crippen LogP contribution in [-0.2, 0) is 10.2 Å². The minimum atomic E-state index is -3.94. The number of H-pyrrole nitrogens is 1. The molecule has 1 aliphatic heterocycles. The molecule has 4 rings (SSSR count). The number of nitrogens with one attached hydrogen (secondary N) is 2. The van der Waals surface area contributed by atoms with E-state index in [-0.39, 0.29) is 16.9 Å². The van der Waals surface area contributed by atoms with Gasteiger partial charge < -0.3 is 9.88 Å². The quantitative estimate of drug-likeness (QED) is 0.581. The van der Waals surface area contributed by atoms with E-state index in [2.05, 4.69) is 14.7 Å². The monoisotopic (exact) mass is 451 g/mol. The molecule has 0 spiro atoms. The average molecular weight is 452 g/mol. The lowest BCUT2D eigenvalue weighted by Crippen LogP contribution is -2.48. The molecule has 3 heterocycles. The number of halogens is 2. The summed E-state index contributed by atoms with van der Waals surface area (Å²) in [5.74, 6) is -1.56. The second kappa shape index (κ2) is 7.95. The van der Waals surface area contributed by atoms with Crippen molar-refractivity contribution >= 4 is 44.3 Å². The van der Waals surface area contributed by atoms with Crippen molar-refractivity contribution in [2.45, 2.75) is 0 Å². The van der Waals surface area contributed by atoms with Crippen LogP contribution in [0.15, 0.2) is 36.5 Å². The SMILES string of the molecule is CN1CCN(S(=O)(=O)Nc2cccc(C(=O)c3cc4cc(Cl)cnc4[nH]3)c2F)CC1. The molecule has 8 nitrogen and oxygen atoms in total. The van der Waals surface area contributed by atoms with Crippen molar-refractivity contribution in [2.75, 3.05) is 37.9 Å². The molecule has 0 unspecified atom stereocenters. The predicted molar refractivity (Wildman–Crippen MR) is 113 cm³/mol. The van der Waals surface area contributed by atoms with E-state index >= 15 is 4.39 Å². The fourth-order valence-electron chi connectivity index (χ4n) is 3.27. The van der Waals surface area contributed by atoms with Crippen LogP contribution in [0, 0.1) is 5.82 Å². The van der Waals surface area contributed by atoms with Crippen LogP contribution < -0.4 is 4.72 Å². The van der Waals surface area contributed by atoms with E-state index in [4.69, 9.17) is 11.6 Å². The van der Waals surface area contributed by atoms with Gasteiger partial charge in [-0.25, -0.2) is 9.37 Å². The summed E-state index contributed by atoms with van der Waals surface area (Å²) in [6, 6.07) is 7.17. The van der Waals surface area contributed by atoms with Crippen LogP contribution in [-0.4, -0.2) is 66.6 Å². The van der Waals surface area contributed by atoms with Gasteiger partial charge in [0.1, 0.15) is 5.65 Å². The smallest absolute Gasteiger partial charge is 0.301 e. The van der Waals surface area contributed by atoms with E-state index < -0.39 is 21.8 Å². The lowest BCUT2D eigenvalue weighted by molar-refractivity contribution is 0.103. The second-order valence-electron chi connectivity index (χ2n) is 7.08. The maximum absolute atomic E-state index is 15.1. The Morgan fingerprint density at radius 2 is 1.97 bits per heavy atom. The first-order valence-electron chi connectivity index (χ1n) is 9.18. The van der Waals surface area contributed by atoms with E-state index in [0.29, 0.717) is 42.2 Å². The molecule has 11 heteroatoms. The number of hydrogen-bond acceptors (Lipinski definition) is 5. The summed E-state index contributed by atoms with van der Waals surface area (Å²) < 4.78 is 43.8. The lowest BCUT2D eigenvalue weighted by atomic mass is 10.1. The van der Waals surface area contributed by atoms with E-state index in [1.54, 1.807) is 6.07 Å². The first-order chi connectivity index (χ1) is 14.2. The number of piperazine rings is 1. The van der Waals surface area contributed by atoms with E-state index in [1.807, 2.05) is 11.9 Å². The minimum Gasteiger partial charge on any atom is -0.337 e. The molecule has 0 atom stereocenters. The topological polar surface area (TPSA) is 98.4 Å². The van der Waals surface area contributed by atoms with Crippen LogP contribution in [0.3, 0.4) is 0 Å². The number of rotatable bonds is 5. The molecule has 1 aromatic carbocycles. The molecule has 2 N–H and O–H groups in total. The van der Waals surface area contributed by atoms with Gasteiger partial charge in [-0.2, -0.15) is 12.7 Å². The molecule has 2 aromatic heterocycles. The molecule has 0 aliphatic carbocycles. The molecule has 158 valence electrons. The van der Waals surface area contributed by atoms with Gasteiger partial charge in [-0.3, -0.25) is 9.52 Å². The number of nitrogens with zero attached hydrogens (tertiary/aromatic N) is 3. The predicted octanol–water partition coefficient (Wildman–Crippen LogP) is 2.49. The first kappa shape index (κ1) is 20.7. The number of aromatic nitrogens is 2. The number of anilines is 1. The van der Waals surface area contributed by atoms with Gasteiger partial charge in [0, 0.05) is 37.8 Å². The highest BCUT2D eigenvalue weighted by molar-refractivity contribution is 7.90. The number of benzene rings is 1. The van der Waals surface area contributed by atoms with E-state index in [0.717, 1.165) is 0 Å². The fraction of sp³-hybridized carbons (Fsp3) is 0.263. The summed E-state index contributed by atoms with van der Waals surface area (Å²) in [5, 5.41) is 1.02. The third-order valence-corrected chi connectivity index (χ3v) is 6.70. The van der Waals surface area contributed by atoms with Crippen LogP contribution in [0.25, 0.3) is 11.0 Å². The van der Waals surface area contributed by atoms with Crippen molar-refractivity contribution in [3.05, 3.63) is 58.6 Å². The zero-order valence-electron chi connectivity index (χ0n) is 16.0. The molecular formula is C19H19ClFN5O3S. The van der Waals surface area contributed by atoms with Crippen molar-refractivity contribution in [1.29, 1.82) is 0 Å². The third kappa shape index (κ3) is 4.04. The summed E-state index contributed by atoms with van der Waals surface area (Å²) in [6.45, 7) is 1.77. The zero-order valence-corrected chi connectivity index (χ0v) is 17.6. The Bertz CT molecular complexity index is 1220. The number of carbonyl (C=O) groups excluding carboxylic acids is 1. The Kier molecular flexibility index (Phi) is 5.49. The van der Waals surface area contributed by atoms with Crippen LogP contribution in [0.2, 0.25) is 5.02 Å². The molecule has 1 aliphatic rings. The minimum absolute atomic E-state index is 0.123. The Labute approximate surface area is 177 Å². The number of carbonyl (C=O) groups is 1. The summed E-state index contributed by atoms with van der Waals surface area (Å²) in [5.41, 5.74) is 0.0242. The highest BCUT2D eigenvalue weighted by Gasteiger charge is 2.27. The maximum atomic E-state index is 15.1. The van der Waals surface area contributed by atoms with Crippen LogP contribution in [0.5, 0.6) is 0 Å². The van der Waals surface area contributed by atoms with Crippen LogP contribution in [0.1, 0.15) is 16.1 Å². The largest absolute Gasteiger partial charge is 0.337 e. The van der Waals surface area contributed by atoms with Gasteiger partial charge >= 0.3 is 10.2 Å². The van der Waals surface area contributed by atoms with Crippen molar-refractivity contribution in [3.63, 3.8) is 0 Å². The van der Waals surface area contributed by atoms with Gasteiger partial charge in [0.15, 0.2) is 5.82 Å². The Hall–Kier alpha value is -2.53. The summed E-state index contributed by atoms with van der Waals surface area (Å²) >= 11 is 5.91. The standard InChI is InChI=1S/C19H19ClFN5O3S/c1-25-5-7-26(8-6-25)30(28,29)24-15-4-2-3-14(17(15)21)18(27)16-10-12-9-13(20)11-22-19(12)23-16/h2-4,9-11,24H,5-8H2,1H3,(H,22,23). The number of hydrogen-bond donors (Lipinski definition) is 2. The zero-order chi connectivity index (χ0) is 21.5. The Morgan fingerprint density at radius 1 is 1.23 bits per heavy atom. The third-order valence-electron chi connectivity index (χ3n) is 4.97. The summed E-state index contributed by atoms with van der Waals surface area (Å²) in [6.07, 6.45) is 1.43. The van der Waals surface area contributed by atoms with E-state index in [9.17, 15) is 13.2 Å². The van der Waals surface area contributed by atoms with Crippen LogP contribution in [0.4, 0.5) is 10.1 Å². The molecule has 0 saturated carbocycles. The van der Waals surface area contributed by atoms with Crippen molar-refractivity contribution < 1.29 is 17.6 Å². The molecule has 3 aromatic rings. The van der Waals surface area contributed by atoms with Crippen molar-refractivity contribution in [2.24, 2.45) is 0 Å². The number of aromatic amines is 1.